The summed E-state index contributed by atoms with van der Waals surface area (Å²) in [4.78, 5) is 11.4. The normalized spacial score (nSPS) is 18.1. The summed E-state index contributed by atoms with van der Waals surface area (Å²) in [6.07, 6.45) is 3.40. The number of carboxylic acids is 1. The van der Waals surface area contributed by atoms with Gasteiger partial charge in [0.1, 0.15) is 17.7 Å². The van der Waals surface area contributed by atoms with Gasteiger partial charge >= 0.3 is 5.97 Å². The highest BCUT2D eigenvalue weighted by atomic mass is 16.4. The van der Waals surface area contributed by atoms with Crippen molar-refractivity contribution in [3.8, 4) is 0 Å². The summed E-state index contributed by atoms with van der Waals surface area (Å²) in [5, 5.41) is 17.6. The van der Waals surface area contributed by atoms with E-state index in [0.717, 1.165) is 18.7 Å². The highest BCUT2D eigenvalue weighted by Crippen LogP contribution is 2.37. The molecule has 5 nitrogen and oxygen atoms in total. The van der Waals surface area contributed by atoms with Crippen molar-refractivity contribution >= 4 is 5.97 Å². The van der Waals surface area contributed by atoms with E-state index in [0.29, 0.717) is 11.7 Å². The van der Waals surface area contributed by atoms with E-state index in [1.165, 1.54) is 6.42 Å². The first-order chi connectivity index (χ1) is 8.02. The highest BCUT2D eigenvalue weighted by Gasteiger charge is 2.32. The molecule has 5 heteroatoms. The lowest BCUT2D eigenvalue weighted by Crippen LogP contribution is -2.28. The number of carboxylic acid groups (broad SMARTS) is 1. The molecule has 1 aliphatic rings. The van der Waals surface area contributed by atoms with Crippen molar-refractivity contribution < 1.29 is 9.90 Å². The van der Waals surface area contributed by atoms with Crippen molar-refractivity contribution in [3.05, 3.63) is 11.6 Å². The van der Waals surface area contributed by atoms with Gasteiger partial charge in [-0.3, -0.25) is 0 Å². The molecule has 1 unspecified atom stereocenters. The maximum absolute atomic E-state index is 11.4. The molecule has 1 aliphatic carbocycles. The van der Waals surface area contributed by atoms with Crippen molar-refractivity contribution in [2.24, 2.45) is 5.92 Å². The third kappa shape index (κ3) is 2.06. The quantitative estimate of drug-likeness (QED) is 0.871. The second-order valence-electron chi connectivity index (χ2n) is 5.13. The van der Waals surface area contributed by atoms with Crippen LogP contribution in [0, 0.1) is 12.8 Å². The van der Waals surface area contributed by atoms with E-state index >= 15 is 0 Å². The fourth-order valence-corrected chi connectivity index (χ4v) is 2.37. The second kappa shape index (κ2) is 4.47. The molecule has 0 aromatic carbocycles. The van der Waals surface area contributed by atoms with Crippen molar-refractivity contribution in [1.29, 1.82) is 0 Å². The van der Waals surface area contributed by atoms with Crippen LogP contribution in [0.25, 0.3) is 0 Å². The number of nitrogens with zero attached hydrogens (tertiary/aromatic N) is 3. The van der Waals surface area contributed by atoms with Crippen LogP contribution in [0.1, 0.15) is 56.7 Å². The average molecular weight is 237 g/mol. The topological polar surface area (TPSA) is 68.0 Å². The van der Waals surface area contributed by atoms with Gasteiger partial charge in [0.25, 0.3) is 0 Å². The van der Waals surface area contributed by atoms with E-state index in [1.807, 2.05) is 25.3 Å². The molecule has 0 spiro atoms. The molecule has 0 saturated heterocycles. The number of aromatic nitrogens is 3. The molecular weight excluding hydrogens is 218 g/mol. The lowest BCUT2D eigenvalue weighted by atomic mass is 9.84. The van der Waals surface area contributed by atoms with Crippen LogP contribution in [0.2, 0.25) is 0 Å². The van der Waals surface area contributed by atoms with Crippen molar-refractivity contribution in [1.82, 2.24) is 14.8 Å². The fraction of sp³-hybridized carbons (Fsp3) is 0.750. The number of aryl methyl sites for hydroxylation is 1. The Morgan fingerprint density at radius 3 is 2.47 bits per heavy atom. The number of rotatable bonds is 4. The molecule has 1 fully saturated rings. The average Bonchev–Trinajstić information content (AvgIpc) is 2.46. The lowest BCUT2D eigenvalue weighted by molar-refractivity contribution is -0.142. The molecule has 1 atom stereocenters. The molecule has 0 bridgehead atoms. The molecule has 0 aliphatic heterocycles. The van der Waals surface area contributed by atoms with Crippen LogP contribution >= 0.6 is 0 Å². The minimum Gasteiger partial charge on any atom is -0.480 e. The predicted molar refractivity (Wildman–Crippen MR) is 62.9 cm³/mol. The Morgan fingerprint density at radius 2 is 2.06 bits per heavy atom. The Labute approximate surface area is 101 Å². The van der Waals surface area contributed by atoms with Crippen molar-refractivity contribution in [2.75, 3.05) is 0 Å². The lowest BCUT2D eigenvalue weighted by Gasteiger charge is -2.28. The number of carbonyl (C=O) groups is 1. The first-order valence-corrected chi connectivity index (χ1v) is 6.16. The van der Waals surface area contributed by atoms with Gasteiger partial charge in [-0.2, -0.15) is 0 Å². The molecule has 1 aromatic rings. The molecule has 1 aromatic heterocycles. The van der Waals surface area contributed by atoms with E-state index in [1.54, 1.807) is 0 Å². The molecule has 94 valence electrons. The van der Waals surface area contributed by atoms with Crippen LogP contribution in [0.15, 0.2) is 0 Å². The number of aliphatic carboxylic acids is 1. The molecule has 0 radical (unpaired) electrons. The zero-order valence-electron chi connectivity index (χ0n) is 10.6. The number of hydrogen-bond acceptors (Lipinski definition) is 3. The smallest absolute Gasteiger partial charge is 0.327 e. The molecule has 2 rings (SSSR count). The van der Waals surface area contributed by atoms with Gasteiger partial charge in [-0.25, -0.2) is 4.79 Å². The Kier molecular flexibility index (Phi) is 3.17. The van der Waals surface area contributed by atoms with Gasteiger partial charge in [0, 0.05) is 5.92 Å². The monoisotopic (exact) mass is 237 g/mol. The zero-order valence-corrected chi connectivity index (χ0v) is 10.6. The third-order valence-corrected chi connectivity index (χ3v) is 3.53. The van der Waals surface area contributed by atoms with Gasteiger partial charge in [0.05, 0.1) is 0 Å². The van der Waals surface area contributed by atoms with Crippen LogP contribution in [-0.4, -0.2) is 25.8 Å². The predicted octanol–water partition coefficient (Wildman–Crippen LogP) is 2.14. The Morgan fingerprint density at radius 1 is 1.41 bits per heavy atom. The van der Waals surface area contributed by atoms with E-state index in [-0.39, 0.29) is 5.92 Å². The minimum absolute atomic E-state index is 0.0287. The van der Waals surface area contributed by atoms with Gasteiger partial charge < -0.3 is 9.67 Å². The van der Waals surface area contributed by atoms with Crippen LogP contribution in [0.4, 0.5) is 0 Å². The molecular formula is C12H19N3O2. The second-order valence-corrected chi connectivity index (χ2v) is 5.13. The maximum Gasteiger partial charge on any atom is 0.327 e. The summed E-state index contributed by atoms with van der Waals surface area (Å²) in [6, 6.07) is -0.555. The van der Waals surface area contributed by atoms with Gasteiger partial charge in [-0.15, -0.1) is 10.2 Å². The third-order valence-electron chi connectivity index (χ3n) is 3.53. The molecule has 1 heterocycles. The van der Waals surface area contributed by atoms with Crippen LogP contribution in [0.5, 0.6) is 0 Å². The van der Waals surface area contributed by atoms with Gasteiger partial charge in [-0.05, 0) is 25.7 Å². The summed E-state index contributed by atoms with van der Waals surface area (Å²) in [7, 11) is 0. The standard InChI is InChI=1S/C12H19N3O2/c1-7(2)10(12(16)17)15-8(3)13-14-11(15)9-5-4-6-9/h7,9-10H,4-6H2,1-3H3,(H,16,17). The highest BCUT2D eigenvalue weighted by molar-refractivity contribution is 5.72. The van der Waals surface area contributed by atoms with E-state index in [2.05, 4.69) is 10.2 Å². The Balaban J connectivity index is 2.40. The van der Waals surface area contributed by atoms with Gasteiger partial charge in [0.15, 0.2) is 0 Å². The van der Waals surface area contributed by atoms with Crippen molar-refractivity contribution in [3.63, 3.8) is 0 Å². The molecule has 1 saturated carbocycles. The summed E-state index contributed by atoms with van der Waals surface area (Å²) in [5.41, 5.74) is 0. The molecule has 1 N–H and O–H groups in total. The Bertz CT molecular complexity index is 421. The summed E-state index contributed by atoms with van der Waals surface area (Å²) < 4.78 is 1.82. The molecule has 0 amide bonds. The SMILES string of the molecule is Cc1nnc(C2CCC2)n1C(C(=O)O)C(C)C. The summed E-state index contributed by atoms with van der Waals surface area (Å²) >= 11 is 0. The fourth-order valence-electron chi connectivity index (χ4n) is 2.37. The van der Waals surface area contributed by atoms with Gasteiger partial charge in [0.2, 0.25) is 0 Å². The first kappa shape index (κ1) is 12.1. The first-order valence-electron chi connectivity index (χ1n) is 6.16. The minimum atomic E-state index is -0.802. The zero-order chi connectivity index (χ0) is 12.6. The van der Waals surface area contributed by atoms with Crippen molar-refractivity contribution in [2.45, 2.75) is 52.0 Å². The van der Waals surface area contributed by atoms with Gasteiger partial charge in [-0.1, -0.05) is 20.3 Å². The number of hydrogen-bond donors (Lipinski definition) is 1. The van der Waals surface area contributed by atoms with Crippen LogP contribution < -0.4 is 0 Å². The summed E-state index contributed by atoms with van der Waals surface area (Å²) in [5.74, 6) is 1.18. The van der Waals surface area contributed by atoms with E-state index in [4.69, 9.17) is 0 Å². The Hall–Kier alpha value is -1.39. The van der Waals surface area contributed by atoms with Crippen LogP contribution in [0.3, 0.4) is 0 Å². The maximum atomic E-state index is 11.4. The van der Waals surface area contributed by atoms with Crippen LogP contribution in [-0.2, 0) is 4.79 Å². The van der Waals surface area contributed by atoms with E-state index < -0.39 is 12.0 Å². The molecule has 17 heavy (non-hydrogen) atoms. The largest absolute Gasteiger partial charge is 0.480 e. The summed E-state index contributed by atoms with van der Waals surface area (Å²) in [6.45, 7) is 5.67. The van der Waals surface area contributed by atoms with E-state index in [9.17, 15) is 9.90 Å².